The molecule has 0 unspecified atom stereocenters. The molecule has 0 bridgehead atoms. The zero-order chi connectivity index (χ0) is 11.4. The molecule has 0 heterocycles. The fourth-order valence-electron chi connectivity index (χ4n) is 2.01. The fraction of sp³-hybridized carbons (Fsp3) is 1.00. The SMILES string of the molecule is CCOP(=O)(OCC)C1(S)CCCCC1. The molecule has 90 valence electrons. The quantitative estimate of drug-likeness (QED) is 0.596. The molecule has 1 aliphatic rings. The van der Waals surface area contributed by atoms with Gasteiger partial charge in [0.1, 0.15) is 4.49 Å². The summed E-state index contributed by atoms with van der Waals surface area (Å²) >= 11 is 4.59. The molecule has 0 atom stereocenters. The maximum Gasteiger partial charge on any atom is 0.346 e. The van der Waals surface area contributed by atoms with Crippen LogP contribution in [0.1, 0.15) is 46.0 Å². The van der Waals surface area contributed by atoms with Crippen LogP contribution in [0, 0.1) is 0 Å². The minimum Gasteiger partial charge on any atom is -0.308 e. The third kappa shape index (κ3) is 3.00. The van der Waals surface area contributed by atoms with Gasteiger partial charge in [-0.25, -0.2) is 0 Å². The highest BCUT2D eigenvalue weighted by Gasteiger charge is 2.48. The molecule has 0 N–H and O–H groups in total. The summed E-state index contributed by atoms with van der Waals surface area (Å²) in [5, 5.41) is 0. The number of hydrogen-bond acceptors (Lipinski definition) is 4. The van der Waals surface area contributed by atoms with Crippen LogP contribution < -0.4 is 0 Å². The van der Waals surface area contributed by atoms with Crippen molar-refractivity contribution in [2.24, 2.45) is 0 Å². The van der Waals surface area contributed by atoms with E-state index in [2.05, 4.69) is 12.6 Å². The Morgan fingerprint density at radius 1 is 1.13 bits per heavy atom. The van der Waals surface area contributed by atoms with Crippen LogP contribution >= 0.6 is 20.2 Å². The van der Waals surface area contributed by atoms with Gasteiger partial charge >= 0.3 is 7.60 Å². The molecule has 1 aliphatic carbocycles. The molecule has 3 nitrogen and oxygen atoms in total. The van der Waals surface area contributed by atoms with E-state index in [1.807, 2.05) is 13.8 Å². The van der Waals surface area contributed by atoms with Crippen molar-refractivity contribution >= 4 is 20.2 Å². The van der Waals surface area contributed by atoms with Crippen molar-refractivity contribution in [2.45, 2.75) is 50.4 Å². The Bertz CT molecular complexity index is 229. The van der Waals surface area contributed by atoms with Crippen molar-refractivity contribution in [3.05, 3.63) is 0 Å². The van der Waals surface area contributed by atoms with Crippen LogP contribution in [-0.4, -0.2) is 17.7 Å². The highest BCUT2D eigenvalue weighted by Crippen LogP contribution is 2.66. The Labute approximate surface area is 97.9 Å². The van der Waals surface area contributed by atoms with E-state index in [4.69, 9.17) is 9.05 Å². The lowest BCUT2D eigenvalue weighted by Crippen LogP contribution is -2.27. The minimum absolute atomic E-state index is 0.416. The molecule has 0 amide bonds. The highest BCUT2D eigenvalue weighted by atomic mass is 32.1. The first kappa shape index (κ1) is 13.6. The van der Waals surface area contributed by atoms with Gasteiger partial charge in [-0.15, -0.1) is 0 Å². The van der Waals surface area contributed by atoms with E-state index in [0.29, 0.717) is 13.2 Å². The van der Waals surface area contributed by atoms with Gasteiger partial charge in [0.2, 0.25) is 0 Å². The Morgan fingerprint density at radius 2 is 1.60 bits per heavy atom. The second-order valence-electron chi connectivity index (χ2n) is 3.88. The molecule has 0 spiro atoms. The molecule has 1 fully saturated rings. The Balaban J connectivity index is 2.80. The first-order chi connectivity index (χ1) is 7.08. The third-order valence-corrected chi connectivity index (χ3v) is 6.61. The smallest absolute Gasteiger partial charge is 0.308 e. The zero-order valence-corrected chi connectivity index (χ0v) is 11.4. The van der Waals surface area contributed by atoms with Gasteiger partial charge < -0.3 is 9.05 Å². The Morgan fingerprint density at radius 3 is 2.00 bits per heavy atom. The maximum absolute atomic E-state index is 12.6. The molecule has 0 aromatic carbocycles. The van der Waals surface area contributed by atoms with E-state index >= 15 is 0 Å². The molecule has 1 saturated carbocycles. The lowest BCUT2D eigenvalue weighted by molar-refractivity contribution is 0.200. The number of thiol groups is 1. The second kappa shape index (κ2) is 5.72. The summed E-state index contributed by atoms with van der Waals surface area (Å²) in [6.45, 7) is 4.51. The maximum atomic E-state index is 12.6. The summed E-state index contributed by atoms with van der Waals surface area (Å²) < 4.78 is 22.7. The van der Waals surface area contributed by atoms with E-state index in [1.54, 1.807) is 0 Å². The molecule has 0 aromatic heterocycles. The van der Waals surface area contributed by atoms with Crippen molar-refractivity contribution in [1.29, 1.82) is 0 Å². The summed E-state index contributed by atoms with van der Waals surface area (Å²) in [4.78, 5) is 0. The lowest BCUT2D eigenvalue weighted by atomic mass is 10.00. The zero-order valence-electron chi connectivity index (χ0n) is 9.57. The van der Waals surface area contributed by atoms with Gasteiger partial charge in [0.05, 0.1) is 13.2 Å². The van der Waals surface area contributed by atoms with E-state index in [1.165, 1.54) is 6.42 Å². The van der Waals surface area contributed by atoms with Crippen molar-refractivity contribution in [2.75, 3.05) is 13.2 Å². The molecule has 0 aromatic rings. The largest absolute Gasteiger partial charge is 0.346 e. The Kier molecular flexibility index (Phi) is 5.17. The van der Waals surface area contributed by atoms with Gasteiger partial charge in [-0.1, -0.05) is 19.3 Å². The lowest BCUT2D eigenvalue weighted by Gasteiger charge is -2.37. The van der Waals surface area contributed by atoms with E-state index in [-0.39, 0.29) is 0 Å². The second-order valence-corrected chi connectivity index (χ2v) is 7.45. The fourth-order valence-corrected chi connectivity index (χ4v) is 4.77. The first-order valence-corrected chi connectivity index (χ1v) is 7.68. The van der Waals surface area contributed by atoms with Gasteiger partial charge in [-0.05, 0) is 26.7 Å². The van der Waals surface area contributed by atoms with Gasteiger partial charge in [-0.2, -0.15) is 12.6 Å². The summed E-state index contributed by atoms with van der Waals surface area (Å²) in [6.07, 6.45) is 4.97. The van der Waals surface area contributed by atoms with Crippen LogP contribution in [0.3, 0.4) is 0 Å². The van der Waals surface area contributed by atoms with Crippen LogP contribution in [0.5, 0.6) is 0 Å². The van der Waals surface area contributed by atoms with Crippen LogP contribution in [-0.2, 0) is 13.6 Å². The average Bonchev–Trinajstić information content (AvgIpc) is 2.19. The molecule has 0 aliphatic heterocycles. The van der Waals surface area contributed by atoms with E-state index in [0.717, 1.165) is 25.7 Å². The van der Waals surface area contributed by atoms with Gasteiger partial charge in [-0.3, -0.25) is 4.57 Å². The van der Waals surface area contributed by atoms with Crippen molar-refractivity contribution in [3.8, 4) is 0 Å². The van der Waals surface area contributed by atoms with E-state index in [9.17, 15) is 4.57 Å². The normalized spacial score (nSPS) is 21.5. The van der Waals surface area contributed by atoms with Crippen LogP contribution in [0.4, 0.5) is 0 Å². The van der Waals surface area contributed by atoms with Crippen LogP contribution in [0.2, 0.25) is 0 Å². The van der Waals surface area contributed by atoms with Gasteiger partial charge in [0.25, 0.3) is 0 Å². The van der Waals surface area contributed by atoms with Gasteiger partial charge in [0.15, 0.2) is 0 Å². The summed E-state index contributed by atoms with van der Waals surface area (Å²) in [5.74, 6) is 0. The minimum atomic E-state index is -3.04. The summed E-state index contributed by atoms with van der Waals surface area (Å²) in [6, 6.07) is 0. The molecular weight excluding hydrogens is 231 g/mol. The third-order valence-electron chi connectivity index (χ3n) is 2.76. The molecule has 0 saturated heterocycles. The van der Waals surface area contributed by atoms with Crippen molar-refractivity contribution in [1.82, 2.24) is 0 Å². The molecule has 5 heteroatoms. The van der Waals surface area contributed by atoms with Crippen LogP contribution in [0.15, 0.2) is 0 Å². The molecule has 15 heavy (non-hydrogen) atoms. The van der Waals surface area contributed by atoms with Crippen LogP contribution in [0.25, 0.3) is 0 Å². The first-order valence-electron chi connectivity index (χ1n) is 5.69. The predicted molar refractivity (Wildman–Crippen MR) is 65.7 cm³/mol. The van der Waals surface area contributed by atoms with E-state index < -0.39 is 12.1 Å². The van der Waals surface area contributed by atoms with Gasteiger partial charge in [0, 0.05) is 0 Å². The highest BCUT2D eigenvalue weighted by molar-refractivity contribution is 7.91. The predicted octanol–water partition coefficient (Wildman–Crippen LogP) is 3.84. The molecular formula is C10H21O3PS. The summed E-state index contributed by atoms with van der Waals surface area (Å²) in [7, 11) is -3.04. The van der Waals surface area contributed by atoms with Crippen molar-refractivity contribution < 1.29 is 13.6 Å². The number of rotatable bonds is 5. The topological polar surface area (TPSA) is 35.5 Å². The standard InChI is InChI=1S/C10H21O3PS/c1-3-12-14(11,13-4-2)10(15)8-6-5-7-9-10/h15H,3-9H2,1-2H3. The average molecular weight is 252 g/mol. The monoisotopic (exact) mass is 252 g/mol. The van der Waals surface area contributed by atoms with Crippen molar-refractivity contribution in [3.63, 3.8) is 0 Å². The molecule has 1 rings (SSSR count). The number of hydrogen-bond donors (Lipinski definition) is 1. The molecule has 0 radical (unpaired) electrons. The Hall–Kier alpha value is 0.500. The summed E-state index contributed by atoms with van der Waals surface area (Å²) in [5.41, 5.74) is 0.